The van der Waals surface area contributed by atoms with Crippen LogP contribution in [0.1, 0.15) is 22.3 Å². The molecule has 176 valence electrons. The van der Waals surface area contributed by atoms with Crippen LogP contribution in [-0.2, 0) is 11.2 Å². The molecule has 0 aliphatic carbocycles. The van der Waals surface area contributed by atoms with Gasteiger partial charge in [0.2, 0.25) is 5.91 Å². The Morgan fingerprint density at radius 1 is 0.765 bits per heavy atom. The van der Waals surface area contributed by atoms with Crippen molar-refractivity contribution >= 4 is 29.0 Å². The van der Waals surface area contributed by atoms with Crippen LogP contribution in [0.4, 0.5) is 21.9 Å². The number of nitrogens with one attached hydrogen (secondary N) is 2. The van der Waals surface area contributed by atoms with Gasteiger partial charge in [0.1, 0.15) is 0 Å². The Hall–Kier alpha value is -3.80. The number of aryl methyl sites for hydroxylation is 3. The smallest absolute Gasteiger partial charge is 0.323 e. The summed E-state index contributed by atoms with van der Waals surface area (Å²) in [5.74, 6) is 0.180. The van der Waals surface area contributed by atoms with Crippen LogP contribution in [0.3, 0.4) is 0 Å². The maximum Gasteiger partial charge on any atom is 0.323 e. The van der Waals surface area contributed by atoms with Crippen LogP contribution < -0.4 is 15.5 Å². The van der Waals surface area contributed by atoms with E-state index in [4.69, 9.17) is 0 Å². The number of amides is 3. The summed E-state index contributed by atoms with van der Waals surface area (Å²) in [7, 11) is 0. The number of benzene rings is 3. The van der Waals surface area contributed by atoms with Gasteiger partial charge < -0.3 is 20.4 Å². The van der Waals surface area contributed by atoms with Gasteiger partial charge in [-0.2, -0.15) is 0 Å². The normalized spacial score (nSPS) is 13.5. The van der Waals surface area contributed by atoms with E-state index in [0.717, 1.165) is 41.3 Å². The second kappa shape index (κ2) is 10.4. The van der Waals surface area contributed by atoms with Gasteiger partial charge in [-0.3, -0.25) is 4.79 Å². The van der Waals surface area contributed by atoms with Gasteiger partial charge >= 0.3 is 6.03 Å². The first-order chi connectivity index (χ1) is 16.4. The Kier molecular flexibility index (Phi) is 7.16. The predicted octanol–water partition coefficient (Wildman–Crippen LogP) is 5.15. The molecule has 3 aromatic rings. The van der Waals surface area contributed by atoms with E-state index in [-0.39, 0.29) is 11.9 Å². The summed E-state index contributed by atoms with van der Waals surface area (Å²) in [6.45, 7) is 9.12. The van der Waals surface area contributed by atoms with Gasteiger partial charge in [-0.1, -0.05) is 35.9 Å². The van der Waals surface area contributed by atoms with E-state index < -0.39 is 0 Å². The zero-order valence-corrected chi connectivity index (χ0v) is 20.1. The lowest BCUT2D eigenvalue weighted by Gasteiger charge is -2.36. The second-order valence-corrected chi connectivity index (χ2v) is 8.96. The lowest BCUT2D eigenvalue weighted by Crippen LogP contribution is -2.49. The van der Waals surface area contributed by atoms with Crippen LogP contribution >= 0.6 is 0 Å². The third-order valence-corrected chi connectivity index (χ3v) is 6.33. The number of carbonyl (C=O) groups excluding carboxylic acids is 2. The molecule has 0 bridgehead atoms. The number of urea groups is 1. The van der Waals surface area contributed by atoms with Crippen LogP contribution in [0.25, 0.3) is 0 Å². The third-order valence-electron chi connectivity index (χ3n) is 6.33. The van der Waals surface area contributed by atoms with Crippen molar-refractivity contribution in [2.75, 3.05) is 41.7 Å². The summed E-state index contributed by atoms with van der Waals surface area (Å²) in [6, 6.07) is 21.6. The highest BCUT2D eigenvalue weighted by Gasteiger charge is 2.21. The van der Waals surface area contributed by atoms with Crippen LogP contribution in [-0.4, -0.2) is 43.0 Å². The number of hydrogen-bond acceptors (Lipinski definition) is 3. The van der Waals surface area contributed by atoms with Crippen molar-refractivity contribution in [3.63, 3.8) is 0 Å². The van der Waals surface area contributed by atoms with Gasteiger partial charge in [-0.05, 0) is 73.9 Å². The average molecular weight is 457 g/mol. The van der Waals surface area contributed by atoms with E-state index in [2.05, 4.69) is 21.6 Å². The molecule has 0 atom stereocenters. The molecule has 0 radical (unpaired) electrons. The SMILES string of the molecule is Cc1cccc(CC(=O)N2CCN(c3ccc(NC(=O)Nc4ccc(C)c(C)c4)cc3)CC2)c1. The van der Waals surface area contributed by atoms with Gasteiger partial charge in [-0.15, -0.1) is 0 Å². The molecule has 2 N–H and O–H groups in total. The van der Waals surface area contributed by atoms with Crippen LogP contribution in [0, 0.1) is 20.8 Å². The van der Waals surface area contributed by atoms with Crippen molar-refractivity contribution in [1.82, 2.24) is 4.90 Å². The van der Waals surface area contributed by atoms with Crippen molar-refractivity contribution in [1.29, 1.82) is 0 Å². The molecule has 1 heterocycles. The number of anilines is 3. The molecule has 3 amide bonds. The fourth-order valence-corrected chi connectivity index (χ4v) is 4.19. The average Bonchev–Trinajstić information content (AvgIpc) is 2.82. The minimum absolute atomic E-state index is 0.180. The molecule has 1 saturated heterocycles. The number of nitrogens with zero attached hydrogens (tertiary/aromatic N) is 2. The predicted molar refractivity (Wildman–Crippen MR) is 139 cm³/mol. The van der Waals surface area contributed by atoms with Crippen molar-refractivity contribution in [2.24, 2.45) is 0 Å². The largest absolute Gasteiger partial charge is 0.368 e. The maximum atomic E-state index is 12.7. The Labute approximate surface area is 201 Å². The highest BCUT2D eigenvalue weighted by atomic mass is 16.2. The number of hydrogen-bond donors (Lipinski definition) is 2. The van der Waals surface area contributed by atoms with Gasteiger partial charge in [0.15, 0.2) is 0 Å². The maximum absolute atomic E-state index is 12.7. The quantitative estimate of drug-likeness (QED) is 0.558. The number of carbonyl (C=O) groups is 2. The third kappa shape index (κ3) is 5.95. The molecule has 6 nitrogen and oxygen atoms in total. The topological polar surface area (TPSA) is 64.7 Å². The van der Waals surface area contributed by atoms with Crippen LogP contribution in [0.5, 0.6) is 0 Å². The standard InChI is InChI=1S/C28H32N4O2/c1-20-5-4-6-23(17-20)19-27(33)32-15-13-31(14-16-32)26-11-9-24(10-12-26)29-28(34)30-25-8-7-21(2)22(3)18-25/h4-12,17-18H,13-16,19H2,1-3H3,(H2,29,30,34). The molecule has 34 heavy (non-hydrogen) atoms. The monoisotopic (exact) mass is 456 g/mol. The number of rotatable bonds is 5. The molecular weight excluding hydrogens is 424 g/mol. The molecule has 1 aliphatic rings. The Morgan fingerprint density at radius 3 is 2.12 bits per heavy atom. The summed E-state index contributed by atoms with van der Waals surface area (Å²) in [5, 5.41) is 5.76. The second-order valence-electron chi connectivity index (χ2n) is 8.96. The molecule has 0 aromatic heterocycles. The lowest BCUT2D eigenvalue weighted by atomic mass is 10.1. The summed E-state index contributed by atoms with van der Waals surface area (Å²) >= 11 is 0. The molecule has 1 aliphatic heterocycles. The summed E-state index contributed by atoms with van der Waals surface area (Å²) in [4.78, 5) is 29.3. The lowest BCUT2D eigenvalue weighted by molar-refractivity contribution is -0.130. The molecule has 0 saturated carbocycles. The van der Waals surface area contributed by atoms with E-state index in [0.29, 0.717) is 19.5 Å². The summed E-state index contributed by atoms with van der Waals surface area (Å²) < 4.78 is 0. The van der Waals surface area contributed by atoms with Crippen molar-refractivity contribution in [3.8, 4) is 0 Å². The van der Waals surface area contributed by atoms with E-state index >= 15 is 0 Å². The molecule has 4 rings (SSSR count). The zero-order chi connectivity index (χ0) is 24.1. The van der Waals surface area contributed by atoms with E-state index in [1.165, 1.54) is 11.1 Å². The minimum atomic E-state index is -0.267. The summed E-state index contributed by atoms with van der Waals surface area (Å²) in [5.41, 5.74) is 7.17. The Balaban J connectivity index is 1.26. The first kappa shape index (κ1) is 23.4. The zero-order valence-electron chi connectivity index (χ0n) is 20.1. The van der Waals surface area contributed by atoms with Gasteiger partial charge in [0, 0.05) is 43.2 Å². The van der Waals surface area contributed by atoms with Crippen molar-refractivity contribution in [2.45, 2.75) is 27.2 Å². The molecule has 1 fully saturated rings. The summed E-state index contributed by atoms with van der Waals surface area (Å²) in [6.07, 6.45) is 0.451. The fraction of sp³-hybridized carbons (Fsp3) is 0.286. The Morgan fingerprint density at radius 2 is 1.44 bits per heavy atom. The van der Waals surface area contributed by atoms with E-state index in [1.807, 2.05) is 86.3 Å². The van der Waals surface area contributed by atoms with Crippen molar-refractivity contribution in [3.05, 3.63) is 89.0 Å². The van der Waals surface area contributed by atoms with E-state index in [1.54, 1.807) is 0 Å². The van der Waals surface area contributed by atoms with Crippen LogP contribution in [0.2, 0.25) is 0 Å². The first-order valence-corrected chi connectivity index (χ1v) is 11.7. The fourth-order valence-electron chi connectivity index (χ4n) is 4.19. The number of piperazine rings is 1. The van der Waals surface area contributed by atoms with Crippen molar-refractivity contribution < 1.29 is 9.59 Å². The molecule has 0 unspecified atom stereocenters. The highest BCUT2D eigenvalue weighted by molar-refractivity contribution is 5.99. The van der Waals surface area contributed by atoms with E-state index in [9.17, 15) is 9.59 Å². The molecular formula is C28H32N4O2. The van der Waals surface area contributed by atoms with Gasteiger partial charge in [0.25, 0.3) is 0 Å². The van der Waals surface area contributed by atoms with Crippen LogP contribution in [0.15, 0.2) is 66.7 Å². The van der Waals surface area contributed by atoms with Gasteiger partial charge in [0.05, 0.1) is 6.42 Å². The van der Waals surface area contributed by atoms with Gasteiger partial charge in [-0.25, -0.2) is 4.79 Å². The molecule has 3 aromatic carbocycles. The highest BCUT2D eigenvalue weighted by Crippen LogP contribution is 2.21. The molecule has 0 spiro atoms. The molecule has 6 heteroatoms. The first-order valence-electron chi connectivity index (χ1n) is 11.7. The minimum Gasteiger partial charge on any atom is -0.368 e. The Bertz CT molecular complexity index is 1170.